The molecule has 0 fully saturated rings. The maximum atomic E-state index is 12.2. The number of nitrogens with zero attached hydrogens (tertiary/aromatic N) is 4. The third-order valence-electron chi connectivity index (χ3n) is 7.85. The number of aromatic carboxylic acids is 1. The monoisotopic (exact) mass is 522 g/mol. The molecule has 1 atom stereocenters. The molecule has 39 heavy (non-hydrogen) atoms. The first kappa shape index (κ1) is 26.4. The molecule has 2 aliphatic rings. The third-order valence-corrected chi connectivity index (χ3v) is 7.85. The summed E-state index contributed by atoms with van der Waals surface area (Å²) >= 11 is 0. The molecule has 6 rings (SSSR count). The van der Waals surface area contributed by atoms with E-state index >= 15 is 0 Å². The van der Waals surface area contributed by atoms with Gasteiger partial charge in [0.15, 0.2) is 0 Å². The predicted molar refractivity (Wildman–Crippen MR) is 155 cm³/mol. The Bertz CT molecular complexity index is 1620. The molecule has 1 unspecified atom stereocenters. The van der Waals surface area contributed by atoms with E-state index in [-0.39, 0.29) is 5.48 Å². The van der Waals surface area contributed by atoms with Gasteiger partial charge in [0.2, 0.25) is 0 Å². The third kappa shape index (κ3) is 4.63. The van der Waals surface area contributed by atoms with Gasteiger partial charge < -0.3 is 20.0 Å². The van der Waals surface area contributed by atoms with Crippen molar-refractivity contribution in [3.63, 3.8) is 0 Å². The van der Waals surface area contributed by atoms with Crippen molar-refractivity contribution in [2.45, 2.75) is 52.1 Å². The quantitative estimate of drug-likeness (QED) is 0.355. The van der Waals surface area contributed by atoms with E-state index < -0.39 is 5.97 Å². The summed E-state index contributed by atoms with van der Waals surface area (Å²) in [4.78, 5) is 24.6. The summed E-state index contributed by atoms with van der Waals surface area (Å²) < 4.78 is 2.23. The van der Waals surface area contributed by atoms with Gasteiger partial charge >= 0.3 is 5.97 Å². The number of carbonyl (C=O) groups is 1. The summed E-state index contributed by atoms with van der Waals surface area (Å²) in [6.45, 7) is 4.77. The molecule has 0 bridgehead atoms. The Morgan fingerprint density at radius 2 is 1.87 bits per heavy atom. The number of imidazole rings is 1. The number of benzene rings is 3. The van der Waals surface area contributed by atoms with Crippen LogP contribution in [0.2, 0.25) is 0 Å². The minimum absolute atomic E-state index is 0. The number of aryl methyl sites for hydroxylation is 2. The topological polar surface area (TPSA) is 102 Å². The van der Waals surface area contributed by atoms with Crippen LogP contribution in [-0.4, -0.2) is 49.9 Å². The van der Waals surface area contributed by atoms with E-state index in [2.05, 4.69) is 48.6 Å². The van der Waals surface area contributed by atoms with Crippen LogP contribution in [0.15, 0.2) is 77.4 Å². The zero-order valence-corrected chi connectivity index (χ0v) is 22.6. The second-order valence-electron chi connectivity index (χ2n) is 10.3. The van der Waals surface area contributed by atoms with Crippen LogP contribution >= 0.6 is 0 Å². The van der Waals surface area contributed by atoms with Gasteiger partial charge in [-0.1, -0.05) is 55.5 Å². The second kappa shape index (κ2) is 10.5. The Balaban J connectivity index is 0.00000308. The van der Waals surface area contributed by atoms with Crippen molar-refractivity contribution in [3.8, 4) is 11.1 Å². The Hall–Kier alpha value is -4.23. The number of hydrogen-bond donors (Lipinski definition) is 1. The highest BCUT2D eigenvalue weighted by molar-refractivity contribution is 6.04. The van der Waals surface area contributed by atoms with E-state index in [9.17, 15) is 9.90 Å². The molecule has 3 aromatic carbocycles. The first-order chi connectivity index (χ1) is 18.4. The average molecular weight is 523 g/mol. The summed E-state index contributed by atoms with van der Waals surface area (Å²) in [5.41, 5.74) is 8.33. The SMILES string of the molecule is CCc1nc2c(C)cc(C3=NC4=CCCCC4N3C)cc2n1Cc1ccc(-c2ccccc2)c(C(=O)O)c1.O. The van der Waals surface area contributed by atoms with Crippen molar-refractivity contribution in [2.75, 3.05) is 7.05 Å². The minimum atomic E-state index is -0.923. The lowest BCUT2D eigenvalue weighted by Crippen LogP contribution is -2.33. The van der Waals surface area contributed by atoms with E-state index in [0.717, 1.165) is 69.8 Å². The standard InChI is InChI=1S/C32H32N4O2.H2O/c1-4-29-34-30-20(2)16-23(31-33-26-12-8-9-13-27(26)35(31)3)18-28(30)36(29)19-21-14-15-24(25(17-21)32(37)38)22-10-6-5-7-11-22;/h5-7,10-12,14-18,27H,4,8-9,13,19H2,1-3H3,(H,37,38);1H2. The van der Waals surface area contributed by atoms with Gasteiger partial charge in [-0.25, -0.2) is 14.8 Å². The molecule has 200 valence electrons. The maximum Gasteiger partial charge on any atom is 0.336 e. The number of carboxylic acid groups (broad SMARTS) is 1. The number of likely N-dealkylation sites (N-methyl/N-ethyl adjacent to an activating group) is 1. The summed E-state index contributed by atoms with van der Waals surface area (Å²) in [5, 5.41) is 10.0. The number of hydrogen-bond acceptors (Lipinski definition) is 4. The molecule has 1 aliphatic carbocycles. The highest BCUT2D eigenvalue weighted by atomic mass is 16.4. The zero-order valence-electron chi connectivity index (χ0n) is 22.6. The lowest BCUT2D eigenvalue weighted by Gasteiger charge is -2.26. The van der Waals surface area contributed by atoms with E-state index in [1.54, 1.807) is 6.07 Å². The molecule has 0 amide bonds. The Morgan fingerprint density at radius 3 is 2.59 bits per heavy atom. The fraction of sp³-hybridized carbons (Fsp3) is 0.281. The summed E-state index contributed by atoms with van der Waals surface area (Å²) in [6, 6.07) is 20.2. The van der Waals surface area contributed by atoms with Gasteiger partial charge in [0.05, 0.1) is 28.3 Å². The van der Waals surface area contributed by atoms with Crippen LogP contribution in [0.1, 0.15) is 59.1 Å². The molecule has 0 spiro atoms. The van der Waals surface area contributed by atoms with Crippen LogP contribution in [-0.2, 0) is 13.0 Å². The largest absolute Gasteiger partial charge is 0.478 e. The number of allylic oxidation sites excluding steroid dienone is 1. The average Bonchev–Trinajstić information content (AvgIpc) is 3.47. The minimum Gasteiger partial charge on any atom is -0.478 e. The van der Waals surface area contributed by atoms with Crippen LogP contribution in [0.25, 0.3) is 22.2 Å². The maximum absolute atomic E-state index is 12.2. The molecule has 0 saturated heterocycles. The lowest BCUT2D eigenvalue weighted by molar-refractivity contribution is 0.0697. The van der Waals surface area contributed by atoms with E-state index in [1.807, 2.05) is 42.5 Å². The zero-order chi connectivity index (χ0) is 26.4. The van der Waals surface area contributed by atoms with Crippen molar-refractivity contribution >= 4 is 22.8 Å². The van der Waals surface area contributed by atoms with Crippen LogP contribution in [0.5, 0.6) is 0 Å². The van der Waals surface area contributed by atoms with Gasteiger partial charge in [0.1, 0.15) is 11.7 Å². The second-order valence-corrected chi connectivity index (χ2v) is 10.3. The summed E-state index contributed by atoms with van der Waals surface area (Å²) in [5.74, 6) is 1.08. The van der Waals surface area contributed by atoms with Crippen LogP contribution in [0.3, 0.4) is 0 Å². The molecule has 3 N–H and O–H groups in total. The van der Waals surface area contributed by atoms with Crippen molar-refractivity contribution in [1.82, 2.24) is 14.5 Å². The molecule has 4 aromatic rings. The number of aliphatic imine (C=N–C) groups is 1. The normalized spacial score (nSPS) is 16.5. The van der Waals surface area contributed by atoms with E-state index in [4.69, 9.17) is 9.98 Å². The molecular formula is C32H34N4O3. The van der Waals surface area contributed by atoms with Crippen LogP contribution in [0, 0.1) is 6.92 Å². The Morgan fingerprint density at radius 1 is 1.08 bits per heavy atom. The highest BCUT2D eigenvalue weighted by Crippen LogP contribution is 2.33. The van der Waals surface area contributed by atoms with Crippen LogP contribution in [0.4, 0.5) is 0 Å². The number of amidine groups is 1. The van der Waals surface area contributed by atoms with Gasteiger partial charge in [0.25, 0.3) is 0 Å². The fourth-order valence-corrected chi connectivity index (χ4v) is 5.91. The fourth-order valence-electron chi connectivity index (χ4n) is 5.91. The van der Waals surface area contributed by atoms with Gasteiger partial charge in [-0.05, 0) is 66.6 Å². The van der Waals surface area contributed by atoms with Crippen molar-refractivity contribution < 1.29 is 15.4 Å². The molecule has 0 radical (unpaired) electrons. The molecule has 2 heterocycles. The first-order valence-electron chi connectivity index (χ1n) is 13.4. The van der Waals surface area contributed by atoms with Gasteiger partial charge in [-0.3, -0.25) is 0 Å². The summed E-state index contributed by atoms with van der Waals surface area (Å²) in [6.07, 6.45) is 6.50. The van der Waals surface area contributed by atoms with Crippen molar-refractivity contribution in [1.29, 1.82) is 0 Å². The smallest absolute Gasteiger partial charge is 0.336 e. The molecular weight excluding hydrogens is 488 g/mol. The van der Waals surface area contributed by atoms with Crippen molar-refractivity contribution in [2.24, 2.45) is 4.99 Å². The molecule has 0 saturated carbocycles. The lowest BCUT2D eigenvalue weighted by atomic mass is 9.97. The van der Waals surface area contributed by atoms with Gasteiger partial charge in [-0.2, -0.15) is 0 Å². The van der Waals surface area contributed by atoms with Gasteiger partial charge in [-0.15, -0.1) is 0 Å². The number of fused-ring (bicyclic) bond motifs is 2. The van der Waals surface area contributed by atoms with E-state index in [1.165, 1.54) is 12.1 Å². The first-order valence-corrected chi connectivity index (χ1v) is 13.4. The molecule has 1 aromatic heterocycles. The van der Waals surface area contributed by atoms with Crippen molar-refractivity contribution in [3.05, 3.63) is 101 Å². The Kier molecular flexibility index (Phi) is 7.10. The number of aromatic nitrogens is 2. The summed E-state index contributed by atoms with van der Waals surface area (Å²) in [7, 11) is 2.14. The van der Waals surface area contributed by atoms with Crippen LogP contribution < -0.4 is 0 Å². The van der Waals surface area contributed by atoms with E-state index in [0.29, 0.717) is 18.2 Å². The number of carboxylic acids is 1. The predicted octanol–water partition coefficient (Wildman–Crippen LogP) is 5.62. The molecule has 7 nitrogen and oxygen atoms in total. The molecule has 7 heteroatoms. The molecule has 1 aliphatic heterocycles. The highest BCUT2D eigenvalue weighted by Gasteiger charge is 2.31. The number of rotatable bonds is 6. The Labute approximate surface area is 228 Å². The van der Waals surface area contributed by atoms with Gasteiger partial charge in [0, 0.05) is 25.6 Å².